The molecule has 1 aromatic carbocycles. The normalized spacial score (nSPS) is 10.2. The number of pyridine rings is 1. The number of aromatic nitrogens is 1. The van der Waals surface area contributed by atoms with E-state index >= 15 is 0 Å². The van der Waals surface area contributed by atoms with Crippen LogP contribution in [-0.4, -0.2) is 17.6 Å². The molecule has 1 aromatic heterocycles. The van der Waals surface area contributed by atoms with Crippen LogP contribution in [-0.2, 0) is 4.74 Å². The summed E-state index contributed by atoms with van der Waals surface area (Å²) in [5.41, 5.74) is 6.74. The van der Waals surface area contributed by atoms with Crippen LogP contribution in [0.4, 0.5) is 10.1 Å². The fourth-order valence-corrected chi connectivity index (χ4v) is 1.69. The number of ether oxygens (including phenoxy) is 2. The molecular formula is C15H15FN2O3. The fraction of sp³-hybridized carbons (Fsp3) is 0.200. The van der Waals surface area contributed by atoms with Crippen LogP contribution in [0, 0.1) is 12.7 Å². The summed E-state index contributed by atoms with van der Waals surface area (Å²) < 4.78 is 23.7. The summed E-state index contributed by atoms with van der Waals surface area (Å²) in [6, 6.07) is 5.54. The second-order valence-electron chi connectivity index (χ2n) is 4.35. The number of hydrogen-bond donors (Lipinski definition) is 1. The van der Waals surface area contributed by atoms with Gasteiger partial charge in [-0.2, -0.15) is 0 Å². The van der Waals surface area contributed by atoms with E-state index in [4.69, 9.17) is 15.2 Å². The van der Waals surface area contributed by atoms with Crippen LogP contribution >= 0.6 is 0 Å². The monoisotopic (exact) mass is 290 g/mol. The average Bonchev–Trinajstić information content (AvgIpc) is 2.45. The van der Waals surface area contributed by atoms with Gasteiger partial charge in [-0.1, -0.05) is 6.07 Å². The minimum absolute atomic E-state index is 0.0244. The maximum Gasteiger partial charge on any atom is 0.343 e. The predicted molar refractivity (Wildman–Crippen MR) is 75.8 cm³/mol. The lowest BCUT2D eigenvalue weighted by molar-refractivity contribution is 0.0522. The van der Waals surface area contributed by atoms with Crippen LogP contribution in [0.5, 0.6) is 11.6 Å². The summed E-state index contributed by atoms with van der Waals surface area (Å²) in [4.78, 5) is 15.9. The number of halogens is 1. The van der Waals surface area contributed by atoms with E-state index in [1.165, 1.54) is 24.4 Å². The average molecular weight is 290 g/mol. The number of carbonyl (C=O) groups excluding carboxylic acids is 1. The molecule has 110 valence electrons. The summed E-state index contributed by atoms with van der Waals surface area (Å²) >= 11 is 0. The third kappa shape index (κ3) is 3.47. The van der Waals surface area contributed by atoms with Crippen molar-refractivity contribution in [1.29, 1.82) is 0 Å². The molecule has 0 aliphatic heterocycles. The molecule has 0 unspecified atom stereocenters. The molecule has 0 spiro atoms. The Bertz CT molecular complexity index is 674. The molecule has 0 radical (unpaired) electrons. The molecule has 1 heterocycles. The third-order valence-corrected chi connectivity index (χ3v) is 2.72. The number of nitrogens with two attached hydrogens (primary N) is 1. The molecule has 2 rings (SSSR count). The molecule has 0 amide bonds. The van der Waals surface area contributed by atoms with Crippen LogP contribution in [0.15, 0.2) is 30.5 Å². The first-order chi connectivity index (χ1) is 10.0. The molecule has 6 heteroatoms. The van der Waals surface area contributed by atoms with Crippen molar-refractivity contribution in [3.63, 3.8) is 0 Å². The number of hydrogen-bond acceptors (Lipinski definition) is 5. The highest BCUT2D eigenvalue weighted by Gasteiger charge is 2.17. The largest absolute Gasteiger partial charge is 0.462 e. The van der Waals surface area contributed by atoms with E-state index in [0.717, 1.165) is 0 Å². The van der Waals surface area contributed by atoms with Gasteiger partial charge in [0.25, 0.3) is 0 Å². The number of anilines is 1. The van der Waals surface area contributed by atoms with Crippen molar-refractivity contribution in [2.75, 3.05) is 12.3 Å². The molecule has 0 aliphatic rings. The molecular weight excluding hydrogens is 275 g/mol. The van der Waals surface area contributed by atoms with Gasteiger partial charge >= 0.3 is 5.97 Å². The highest BCUT2D eigenvalue weighted by molar-refractivity contribution is 5.92. The van der Waals surface area contributed by atoms with Gasteiger partial charge in [-0.25, -0.2) is 14.2 Å². The van der Waals surface area contributed by atoms with Gasteiger partial charge in [-0.15, -0.1) is 0 Å². The van der Waals surface area contributed by atoms with Gasteiger partial charge in [0.2, 0.25) is 5.88 Å². The van der Waals surface area contributed by atoms with E-state index in [0.29, 0.717) is 11.3 Å². The topological polar surface area (TPSA) is 74.4 Å². The Morgan fingerprint density at radius 3 is 2.86 bits per heavy atom. The van der Waals surface area contributed by atoms with Crippen molar-refractivity contribution < 1.29 is 18.7 Å². The van der Waals surface area contributed by atoms with Gasteiger partial charge in [0.05, 0.1) is 18.5 Å². The summed E-state index contributed by atoms with van der Waals surface area (Å²) in [6.07, 6.45) is 1.35. The Morgan fingerprint density at radius 1 is 1.38 bits per heavy atom. The summed E-state index contributed by atoms with van der Waals surface area (Å²) in [5, 5.41) is 0. The Kier molecular flexibility index (Phi) is 4.37. The highest BCUT2D eigenvalue weighted by Crippen LogP contribution is 2.28. The van der Waals surface area contributed by atoms with Crippen LogP contribution in [0.25, 0.3) is 0 Å². The van der Waals surface area contributed by atoms with Crippen molar-refractivity contribution in [3.8, 4) is 11.6 Å². The number of aryl methyl sites for hydroxylation is 1. The molecule has 0 atom stereocenters. The lowest BCUT2D eigenvalue weighted by Gasteiger charge is -2.11. The molecule has 5 nitrogen and oxygen atoms in total. The van der Waals surface area contributed by atoms with Crippen LogP contribution in [0.2, 0.25) is 0 Å². The molecule has 0 aliphatic carbocycles. The third-order valence-electron chi connectivity index (χ3n) is 2.72. The number of rotatable bonds is 4. The first-order valence-corrected chi connectivity index (χ1v) is 6.38. The Morgan fingerprint density at radius 2 is 2.14 bits per heavy atom. The lowest BCUT2D eigenvalue weighted by atomic mass is 10.2. The van der Waals surface area contributed by atoms with Gasteiger partial charge in [-0.3, -0.25) is 0 Å². The number of nitrogen functional groups attached to an aromatic ring is 1. The summed E-state index contributed by atoms with van der Waals surface area (Å²) in [5.74, 6) is -0.737. The second-order valence-corrected chi connectivity index (χ2v) is 4.35. The highest BCUT2D eigenvalue weighted by atomic mass is 19.1. The van der Waals surface area contributed by atoms with Gasteiger partial charge < -0.3 is 15.2 Å². The minimum atomic E-state index is -0.596. The first kappa shape index (κ1) is 14.8. The van der Waals surface area contributed by atoms with Crippen LogP contribution in [0.3, 0.4) is 0 Å². The summed E-state index contributed by atoms with van der Waals surface area (Å²) in [6.45, 7) is 3.66. The maximum atomic E-state index is 13.3. The van der Waals surface area contributed by atoms with Crippen molar-refractivity contribution in [1.82, 2.24) is 4.98 Å². The van der Waals surface area contributed by atoms with Gasteiger partial charge in [0.15, 0.2) is 0 Å². The number of nitrogens with zero attached hydrogens (tertiary/aromatic N) is 1. The van der Waals surface area contributed by atoms with Gasteiger partial charge in [0, 0.05) is 6.07 Å². The second kappa shape index (κ2) is 6.21. The van der Waals surface area contributed by atoms with E-state index in [-0.39, 0.29) is 23.8 Å². The Labute approximate surface area is 121 Å². The maximum absolute atomic E-state index is 13.3. The molecule has 21 heavy (non-hydrogen) atoms. The van der Waals surface area contributed by atoms with E-state index in [9.17, 15) is 9.18 Å². The number of benzene rings is 1. The quantitative estimate of drug-likeness (QED) is 0.876. The van der Waals surface area contributed by atoms with E-state index in [2.05, 4.69) is 4.98 Å². The standard InChI is InChI=1S/C15H15FN2O3/c1-3-20-15(19)12-7-11(17)8-18-14(12)21-13-6-10(16)5-4-9(13)2/h4-8H,3,17H2,1-2H3. The van der Waals surface area contributed by atoms with Crippen molar-refractivity contribution >= 4 is 11.7 Å². The zero-order chi connectivity index (χ0) is 15.4. The van der Waals surface area contributed by atoms with E-state index in [1.54, 1.807) is 19.9 Å². The summed E-state index contributed by atoms with van der Waals surface area (Å²) in [7, 11) is 0. The first-order valence-electron chi connectivity index (χ1n) is 6.38. The number of carbonyl (C=O) groups is 1. The molecule has 2 N–H and O–H groups in total. The van der Waals surface area contributed by atoms with Crippen LogP contribution < -0.4 is 10.5 Å². The Balaban J connectivity index is 2.39. The van der Waals surface area contributed by atoms with E-state index in [1.807, 2.05) is 0 Å². The van der Waals surface area contributed by atoms with Crippen molar-refractivity contribution in [3.05, 3.63) is 47.4 Å². The van der Waals surface area contributed by atoms with Gasteiger partial charge in [0.1, 0.15) is 17.1 Å². The van der Waals surface area contributed by atoms with Gasteiger partial charge in [-0.05, 0) is 31.5 Å². The van der Waals surface area contributed by atoms with Crippen molar-refractivity contribution in [2.24, 2.45) is 0 Å². The van der Waals surface area contributed by atoms with Crippen molar-refractivity contribution in [2.45, 2.75) is 13.8 Å². The molecule has 0 saturated heterocycles. The van der Waals surface area contributed by atoms with E-state index < -0.39 is 11.8 Å². The molecule has 2 aromatic rings. The molecule has 0 fully saturated rings. The smallest absolute Gasteiger partial charge is 0.343 e. The zero-order valence-corrected chi connectivity index (χ0v) is 11.7. The zero-order valence-electron chi connectivity index (χ0n) is 11.7. The molecule has 0 saturated carbocycles. The van der Waals surface area contributed by atoms with Crippen LogP contribution in [0.1, 0.15) is 22.8 Å². The predicted octanol–water partition coefficient (Wildman–Crippen LogP) is 3.08. The minimum Gasteiger partial charge on any atom is -0.462 e. The Hall–Kier alpha value is -2.63. The molecule has 0 bridgehead atoms. The number of esters is 1. The lowest BCUT2D eigenvalue weighted by Crippen LogP contribution is -2.08. The fourth-order valence-electron chi connectivity index (χ4n) is 1.69. The SMILES string of the molecule is CCOC(=O)c1cc(N)cnc1Oc1cc(F)ccc1C.